The summed E-state index contributed by atoms with van der Waals surface area (Å²) in [5.74, 6) is 0.908. The fourth-order valence-electron chi connectivity index (χ4n) is 7.40. The summed E-state index contributed by atoms with van der Waals surface area (Å²) in [5, 5.41) is 7.45. The number of benzene rings is 6. The maximum Gasteiger partial charge on any atom is 0.138 e. The first kappa shape index (κ1) is 25.2. The molecule has 6 aromatic carbocycles. The molecular formula is C43H27N3. The normalized spacial score (nSPS) is 11.9. The molecule has 46 heavy (non-hydrogen) atoms. The van der Waals surface area contributed by atoms with Gasteiger partial charge in [-0.2, -0.15) is 0 Å². The van der Waals surface area contributed by atoms with Crippen LogP contribution in [0.5, 0.6) is 0 Å². The van der Waals surface area contributed by atoms with Gasteiger partial charge >= 0.3 is 0 Å². The summed E-state index contributed by atoms with van der Waals surface area (Å²) in [5.41, 5.74) is 10.3. The predicted molar refractivity (Wildman–Crippen MR) is 193 cm³/mol. The Morgan fingerprint density at radius 3 is 1.65 bits per heavy atom. The van der Waals surface area contributed by atoms with Gasteiger partial charge in [-0.3, -0.25) is 4.57 Å². The number of pyridine rings is 2. The molecule has 0 spiro atoms. The maximum absolute atomic E-state index is 5.33. The van der Waals surface area contributed by atoms with Crippen molar-refractivity contribution in [1.82, 2.24) is 14.0 Å². The third-order valence-electron chi connectivity index (χ3n) is 9.45. The molecule has 0 aliphatic carbocycles. The SMILES string of the molecule is c1ccc(-c2cc(-c3ccccc3)nc(-n3c4ccccc4c4cc5c(cc43)cc3c4ccccc4c4ccccc4n53)c2)cc1. The van der Waals surface area contributed by atoms with Crippen LogP contribution in [0.4, 0.5) is 0 Å². The van der Waals surface area contributed by atoms with Crippen molar-refractivity contribution >= 4 is 59.9 Å². The first-order valence-corrected chi connectivity index (χ1v) is 15.7. The summed E-state index contributed by atoms with van der Waals surface area (Å²) >= 11 is 0. The van der Waals surface area contributed by atoms with Crippen molar-refractivity contribution in [3.63, 3.8) is 0 Å². The van der Waals surface area contributed by atoms with Crippen LogP contribution in [0.2, 0.25) is 0 Å². The molecule has 0 radical (unpaired) electrons. The van der Waals surface area contributed by atoms with E-state index in [0.29, 0.717) is 0 Å². The van der Waals surface area contributed by atoms with Gasteiger partial charge in [-0.25, -0.2) is 4.98 Å². The molecule has 0 unspecified atom stereocenters. The van der Waals surface area contributed by atoms with E-state index < -0.39 is 0 Å². The molecule has 0 saturated carbocycles. The Bertz CT molecular complexity index is 2730. The van der Waals surface area contributed by atoms with Crippen LogP contribution in [0.25, 0.3) is 88.1 Å². The zero-order chi connectivity index (χ0) is 30.2. The van der Waals surface area contributed by atoms with Gasteiger partial charge in [-0.1, -0.05) is 121 Å². The highest BCUT2D eigenvalue weighted by Gasteiger charge is 2.19. The minimum atomic E-state index is 0.908. The van der Waals surface area contributed by atoms with Gasteiger partial charge in [0.1, 0.15) is 5.82 Å². The monoisotopic (exact) mass is 585 g/mol. The summed E-state index contributed by atoms with van der Waals surface area (Å²) in [4.78, 5) is 5.33. The molecular weight excluding hydrogens is 558 g/mol. The molecule has 4 heterocycles. The van der Waals surface area contributed by atoms with Gasteiger partial charge in [0, 0.05) is 32.5 Å². The highest BCUT2D eigenvalue weighted by atomic mass is 15.1. The Hall–Kier alpha value is -6.19. The largest absolute Gasteiger partial charge is 0.309 e. The molecule has 214 valence electrons. The van der Waals surface area contributed by atoms with E-state index in [1.807, 2.05) is 0 Å². The molecule has 3 nitrogen and oxygen atoms in total. The number of rotatable bonds is 3. The lowest BCUT2D eigenvalue weighted by Gasteiger charge is -2.13. The van der Waals surface area contributed by atoms with Crippen LogP contribution in [-0.2, 0) is 0 Å². The lowest BCUT2D eigenvalue weighted by molar-refractivity contribution is 1.09. The summed E-state index contributed by atoms with van der Waals surface area (Å²) < 4.78 is 4.79. The molecule has 0 bridgehead atoms. The molecule has 10 aromatic rings. The van der Waals surface area contributed by atoms with E-state index in [-0.39, 0.29) is 0 Å². The van der Waals surface area contributed by atoms with E-state index in [1.165, 1.54) is 54.4 Å². The number of hydrogen-bond acceptors (Lipinski definition) is 1. The van der Waals surface area contributed by atoms with E-state index in [4.69, 9.17) is 4.98 Å². The summed E-state index contributed by atoms with van der Waals surface area (Å²) in [6.07, 6.45) is 0. The van der Waals surface area contributed by atoms with Crippen molar-refractivity contribution in [1.29, 1.82) is 0 Å². The second kappa shape index (κ2) is 9.65. The van der Waals surface area contributed by atoms with Crippen molar-refractivity contribution in [2.75, 3.05) is 0 Å². The topological polar surface area (TPSA) is 22.2 Å². The number of nitrogens with zero attached hydrogens (tertiary/aromatic N) is 3. The molecule has 0 saturated heterocycles. The Balaban J connectivity index is 1.33. The van der Waals surface area contributed by atoms with Crippen LogP contribution in [0.1, 0.15) is 0 Å². The van der Waals surface area contributed by atoms with E-state index in [1.54, 1.807) is 0 Å². The zero-order valence-electron chi connectivity index (χ0n) is 24.9. The lowest BCUT2D eigenvalue weighted by atomic mass is 10.0. The highest BCUT2D eigenvalue weighted by Crippen LogP contribution is 2.39. The van der Waals surface area contributed by atoms with Crippen molar-refractivity contribution in [2.24, 2.45) is 0 Å². The Kier molecular flexibility index (Phi) is 5.28. The molecule has 3 heteroatoms. The quantitative estimate of drug-likeness (QED) is 0.189. The van der Waals surface area contributed by atoms with Crippen LogP contribution in [0, 0.1) is 0 Å². The third kappa shape index (κ3) is 3.63. The second-order valence-electron chi connectivity index (χ2n) is 12.0. The third-order valence-corrected chi connectivity index (χ3v) is 9.45. The minimum Gasteiger partial charge on any atom is -0.309 e. The standard InChI is InChI=1S/C43H27N3/c1-3-13-28(14-4-1)30-23-37(29-15-5-2-6-16-29)44-43(26-30)46-39-22-12-10-20-35(39)36-27-40-31(25-42(36)46)24-41-34-19-8-7-17-32(34)33-18-9-11-21-38(33)45(40)41/h1-27H. The van der Waals surface area contributed by atoms with E-state index >= 15 is 0 Å². The van der Waals surface area contributed by atoms with Gasteiger partial charge in [-0.15, -0.1) is 0 Å². The Morgan fingerprint density at radius 2 is 0.913 bits per heavy atom. The smallest absolute Gasteiger partial charge is 0.138 e. The van der Waals surface area contributed by atoms with Crippen LogP contribution < -0.4 is 0 Å². The average Bonchev–Trinajstić information content (AvgIpc) is 3.67. The summed E-state index contributed by atoms with van der Waals surface area (Å²) in [6.45, 7) is 0. The molecule has 10 rings (SSSR count). The Labute approximate surface area is 265 Å². The van der Waals surface area contributed by atoms with Gasteiger partial charge in [-0.05, 0) is 59.0 Å². The molecule has 4 aromatic heterocycles. The molecule has 0 fully saturated rings. The minimum absolute atomic E-state index is 0.908. The second-order valence-corrected chi connectivity index (χ2v) is 12.0. The van der Waals surface area contributed by atoms with E-state index in [2.05, 4.69) is 173 Å². The molecule has 0 N–H and O–H groups in total. The zero-order valence-corrected chi connectivity index (χ0v) is 24.9. The maximum atomic E-state index is 5.33. The van der Waals surface area contributed by atoms with Gasteiger partial charge in [0.2, 0.25) is 0 Å². The molecule has 0 amide bonds. The molecule has 0 atom stereocenters. The van der Waals surface area contributed by atoms with Crippen molar-refractivity contribution in [3.8, 4) is 28.2 Å². The Morgan fingerprint density at radius 1 is 0.348 bits per heavy atom. The fraction of sp³-hybridized carbons (Fsp3) is 0. The number of hydrogen-bond donors (Lipinski definition) is 0. The summed E-state index contributed by atoms with van der Waals surface area (Å²) in [7, 11) is 0. The van der Waals surface area contributed by atoms with E-state index in [9.17, 15) is 0 Å². The first-order valence-electron chi connectivity index (χ1n) is 15.7. The average molecular weight is 586 g/mol. The highest BCUT2D eigenvalue weighted by molar-refractivity contribution is 6.18. The van der Waals surface area contributed by atoms with Crippen molar-refractivity contribution in [2.45, 2.75) is 0 Å². The van der Waals surface area contributed by atoms with Crippen LogP contribution in [0.15, 0.2) is 164 Å². The van der Waals surface area contributed by atoms with E-state index in [0.717, 1.165) is 33.7 Å². The van der Waals surface area contributed by atoms with Crippen LogP contribution in [0.3, 0.4) is 0 Å². The molecule has 0 aliphatic heterocycles. The first-order chi connectivity index (χ1) is 22.8. The number of para-hydroxylation sites is 2. The predicted octanol–water partition coefficient (Wildman–Crippen LogP) is 11.2. The summed E-state index contributed by atoms with van der Waals surface area (Å²) in [6, 6.07) is 58.9. The van der Waals surface area contributed by atoms with Gasteiger partial charge in [0.15, 0.2) is 0 Å². The van der Waals surface area contributed by atoms with Crippen molar-refractivity contribution < 1.29 is 0 Å². The van der Waals surface area contributed by atoms with Crippen LogP contribution in [-0.4, -0.2) is 14.0 Å². The van der Waals surface area contributed by atoms with Crippen molar-refractivity contribution in [3.05, 3.63) is 164 Å². The van der Waals surface area contributed by atoms with Crippen LogP contribution >= 0.6 is 0 Å². The number of fused-ring (bicyclic) bond motifs is 11. The lowest BCUT2D eigenvalue weighted by Crippen LogP contribution is -2.00. The fourth-order valence-corrected chi connectivity index (χ4v) is 7.40. The van der Waals surface area contributed by atoms with Gasteiger partial charge < -0.3 is 4.40 Å². The molecule has 0 aliphatic rings. The van der Waals surface area contributed by atoms with Gasteiger partial charge in [0.25, 0.3) is 0 Å². The number of aromatic nitrogens is 3. The van der Waals surface area contributed by atoms with Gasteiger partial charge in [0.05, 0.1) is 33.3 Å².